The smallest absolute Gasteiger partial charge is 0.412 e. The molecule has 1 N–H and O–H groups in total. The van der Waals surface area contributed by atoms with Crippen molar-refractivity contribution in [2.75, 3.05) is 19.1 Å². The molecule has 0 radical (unpaired) electrons. The van der Waals surface area contributed by atoms with E-state index in [-0.39, 0.29) is 24.0 Å². The van der Waals surface area contributed by atoms with E-state index in [9.17, 15) is 19.2 Å². The molecule has 10 heteroatoms. The van der Waals surface area contributed by atoms with E-state index in [1.807, 2.05) is 12.5 Å². The lowest BCUT2D eigenvalue weighted by molar-refractivity contribution is -0.121. The Morgan fingerprint density at radius 3 is 1.93 bits per heavy atom. The number of alkyl carbamates (subject to hydrolysis) is 1. The van der Waals surface area contributed by atoms with E-state index in [1.165, 1.54) is 28.4 Å². The molecule has 0 aromatic rings. The van der Waals surface area contributed by atoms with E-state index < -0.39 is 29.1 Å². The Morgan fingerprint density at radius 2 is 1.53 bits per heavy atom. The van der Waals surface area contributed by atoms with Crippen molar-refractivity contribution in [2.45, 2.75) is 82.3 Å². The van der Waals surface area contributed by atoms with Crippen LogP contribution in [0.25, 0.3) is 0 Å². The van der Waals surface area contributed by atoms with Crippen LogP contribution >= 0.6 is 23.5 Å². The quantitative estimate of drug-likeness (QED) is 0.277. The Bertz CT molecular complexity index is 585. The summed E-state index contributed by atoms with van der Waals surface area (Å²) in [6.45, 7) is 10.3. The number of nitrogens with zero attached hydrogens (tertiary/aromatic N) is 1. The second kappa shape index (κ2) is 12.4. The maximum atomic E-state index is 13.0. The minimum Gasteiger partial charge on any atom is -0.444 e. The Hall–Kier alpha value is -1.42. The maximum Gasteiger partial charge on any atom is 0.412 e. The molecule has 174 valence electrons. The Morgan fingerprint density at radius 1 is 1.00 bits per heavy atom. The van der Waals surface area contributed by atoms with Crippen LogP contribution in [-0.4, -0.2) is 70.2 Å². The molecule has 0 aliphatic heterocycles. The molecule has 0 spiro atoms. The van der Waals surface area contributed by atoms with Crippen molar-refractivity contribution in [3.05, 3.63) is 0 Å². The van der Waals surface area contributed by atoms with Gasteiger partial charge in [0, 0.05) is 19.4 Å². The molecule has 0 bridgehead atoms. The standard InChI is InChI=1S/C20H36N2O6S2/c1-18(2,3)27-16(25)21-20(14-24,13-15(29-7)30-8)22(11-9-10-12-23)17(26)28-19(4,5)6/h12,14-15H,9-11,13H2,1-8H3,(H,21,25)/t20-/m0/s1. The van der Waals surface area contributed by atoms with Crippen LogP contribution in [0, 0.1) is 0 Å². The number of aldehydes is 2. The zero-order valence-electron chi connectivity index (χ0n) is 19.3. The van der Waals surface area contributed by atoms with Crippen molar-refractivity contribution >= 4 is 48.3 Å². The van der Waals surface area contributed by atoms with Crippen molar-refractivity contribution in [2.24, 2.45) is 0 Å². The molecule has 0 heterocycles. The molecule has 8 nitrogen and oxygen atoms in total. The van der Waals surface area contributed by atoms with Crippen molar-refractivity contribution in [1.29, 1.82) is 0 Å². The molecular weight excluding hydrogens is 428 g/mol. The van der Waals surface area contributed by atoms with E-state index >= 15 is 0 Å². The molecule has 0 aliphatic carbocycles. The fourth-order valence-corrected chi connectivity index (χ4v) is 4.08. The summed E-state index contributed by atoms with van der Waals surface area (Å²) in [6, 6.07) is 0. The first-order chi connectivity index (χ1) is 13.7. The summed E-state index contributed by atoms with van der Waals surface area (Å²) in [4.78, 5) is 50.1. The number of ether oxygens (including phenoxy) is 2. The van der Waals surface area contributed by atoms with Gasteiger partial charge in [-0.05, 0) is 60.5 Å². The predicted octanol–water partition coefficient (Wildman–Crippen LogP) is 4.06. The lowest BCUT2D eigenvalue weighted by Gasteiger charge is -2.42. The van der Waals surface area contributed by atoms with Gasteiger partial charge in [-0.2, -0.15) is 23.5 Å². The first-order valence-corrected chi connectivity index (χ1v) is 12.3. The zero-order valence-corrected chi connectivity index (χ0v) is 20.9. The highest BCUT2D eigenvalue weighted by Gasteiger charge is 2.45. The number of carbonyl (C=O) groups excluding carboxylic acids is 4. The predicted molar refractivity (Wildman–Crippen MR) is 122 cm³/mol. The summed E-state index contributed by atoms with van der Waals surface area (Å²) >= 11 is 3.00. The first-order valence-electron chi connectivity index (χ1n) is 9.71. The fourth-order valence-electron chi connectivity index (χ4n) is 2.47. The summed E-state index contributed by atoms with van der Waals surface area (Å²) in [7, 11) is 0. The topological polar surface area (TPSA) is 102 Å². The van der Waals surface area contributed by atoms with Crippen LogP contribution in [0.5, 0.6) is 0 Å². The van der Waals surface area contributed by atoms with Gasteiger partial charge in [0.1, 0.15) is 17.5 Å². The van der Waals surface area contributed by atoms with Gasteiger partial charge in [0.2, 0.25) is 0 Å². The minimum atomic E-state index is -1.69. The largest absolute Gasteiger partial charge is 0.444 e. The van der Waals surface area contributed by atoms with Gasteiger partial charge >= 0.3 is 12.2 Å². The highest BCUT2D eigenvalue weighted by atomic mass is 32.2. The lowest BCUT2D eigenvalue weighted by atomic mass is 10.1. The average molecular weight is 465 g/mol. The second-order valence-electron chi connectivity index (χ2n) is 8.71. The molecule has 0 aliphatic rings. The number of hydrogen-bond acceptors (Lipinski definition) is 8. The average Bonchev–Trinajstić information content (AvgIpc) is 2.59. The van der Waals surface area contributed by atoms with E-state index in [0.717, 1.165) is 6.29 Å². The van der Waals surface area contributed by atoms with Crippen molar-refractivity contribution in [1.82, 2.24) is 10.2 Å². The number of rotatable bonds is 11. The van der Waals surface area contributed by atoms with Gasteiger partial charge < -0.3 is 14.3 Å². The van der Waals surface area contributed by atoms with Crippen LogP contribution in [0.2, 0.25) is 0 Å². The van der Waals surface area contributed by atoms with Gasteiger partial charge in [-0.25, -0.2) is 9.59 Å². The number of nitrogens with one attached hydrogen (secondary N) is 1. The SMILES string of the molecule is CSC(C[C@](C=O)(NC(=O)OC(C)(C)C)N(CCCC=O)C(=O)OC(C)(C)C)SC. The first kappa shape index (κ1) is 28.6. The van der Waals surface area contributed by atoms with Gasteiger partial charge in [-0.3, -0.25) is 15.0 Å². The van der Waals surface area contributed by atoms with Crippen LogP contribution < -0.4 is 5.32 Å². The van der Waals surface area contributed by atoms with Gasteiger partial charge in [0.05, 0.1) is 4.58 Å². The van der Waals surface area contributed by atoms with Gasteiger partial charge in [0.15, 0.2) is 11.9 Å². The summed E-state index contributed by atoms with van der Waals surface area (Å²) in [6.07, 6.45) is 4.13. The third-order valence-electron chi connectivity index (χ3n) is 3.72. The Labute approximate surface area is 188 Å². The van der Waals surface area contributed by atoms with Gasteiger partial charge in [-0.1, -0.05) is 0 Å². The summed E-state index contributed by atoms with van der Waals surface area (Å²) in [5, 5.41) is 2.61. The monoisotopic (exact) mass is 464 g/mol. The molecule has 2 amide bonds. The Balaban J connectivity index is 6.18. The van der Waals surface area contributed by atoms with Gasteiger partial charge in [-0.15, -0.1) is 0 Å². The zero-order chi connectivity index (χ0) is 23.6. The number of amides is 2. The summed E-state index contributed by atoms with van der Waals surface area (Å²) in [5.41, 5.74) is -3.28. The van der Waals surface area contributed by atoms with Crippen molar-refractivity contribution < 1.29 is 28.7 Å². The van der Waals surface area contributed by atoms with E-state index in [1.54, 1.807) is 41.5 Å². The van der Waals surface area contributed by atoms with Crippen LogP contribution in [0.15, 0.2) is 0 Å². The van der Waals surface area contributed by atoms with E-state index in [2.05, 4.69) is 5.32 Å². The molecule has 0 saturated carbocycles. The van der Waals surface area contributed by atoms with E-state index in [0.29, 0.717) is 12.7 Å². The molecule has 0 fully saturated rings. The second-order valence-corrected chi connectivity index (χ2v) is 11.1. The highest BCUT2D eigenvalue weighted by Crippen LogP contribution is 2.31. The Kier molecular flexibility index (Phi) is 11.8. The van der Waals surface area contributed by atoms with Crippen LogP contribution in [0.1, 0.15) is 60.8 Å². The van der Waals surface area contributed by atoms with Crippen LogP contribution in [-0.2, 0) is 19.1 Å². The number of carbonyl (C=O) groups is 4. The number of thioether (sulfide) groups is 2. The third-order valence-corrected chi connectivity index (χ3v) is 6.25. The van der Waals surface area contributed by atoms with E-state index in [4.69, 9.17) is 9.47 Å². The minimum absolute atomic E-state index is 0.0532. The molecule has 1 atom stereocenters. The number of unbranched alkanes of at least 4 members (excludes halogenated alkanes) is 1. The molecule has 0 rings (SSSR count). The van der Waals surface area contributed by atoms with Crippen molar-refractivity contribution in [3.8, 4) is 0 Å². The molecule has 0 aromatic heterocycles. The number of hydrogen-bond donors (Lipinski definition) is 1. The van der Waals surface area contributed by atoms with Crippen LogP contribution in [0.3, 0.4) is 0 Å². The molecular formula is C20H36N2O6S2. The molecule has 0 unspecified atom stereocenters. The molecule has 0 aromatic carbocycles. The normalized spacial score (nSPS) is 13.9. The molecule has 30 heavy (non-hydrogen) atoms. The maximum absolute atomic E-state index is 13.0. The fraction of sp³-hybridized carbons (Fsp3) is 0.800. The summed E-state index contributed by atoms with van der Waals surface area (Å²) in [5.74, 6) is 0. The van der Waals surface area contributed by atoms with Crippen molar-refractivity contribution in [3.63, 3.8) is 0 Å². The highest BCUT2D eigenvalue weighted by molar-refractivity contribution is 8.16. The molecule has 0 saturated heterocycles. The summed E-state index contributed by atoms with van der Waals surface area (Å²) < 4.78 is 10.8. The van der Waals surface area contributed by atoms with Crippen LogP contribution in [0.4, 0.5) is 9.59 Å². The van der Waals surface area contributed by atoms with Gasteiger partial charge in [0.25, 0.3) is 0 Å². The lowest BCUT2D eigenvalue weighted by Crippen LogP contribution is -2.65. The third kappa shape index (κ3) is 10.6.